The lowest BCUT2D eigenvalue weighted by molar-refractivity contribution is -0.114. The minimum Gasteiger partial charge on any atom is -0.387 e. The van der Waals surface area contributed by atoms with Crippen LogP contribution in [0.1, 0.15) is 24.7 Å². The van der Waals surface area contributed by atoms with Gasteiger partial charge < -0.3 is 14.9 Å². The van der Waals surface area contributed by atoms with Crippen LogP contribution >= 0.6 is 23.7 Å². The summed E-state index contributed by atoms with van der Waals surface area (Å²) in [4.78, 5) is 26.5. The van der Waals surface area contributed by atoms with Gasteiger partial charge in [0.05, 0.1) is 15.7 Å². The van der Waals surface area contributed by atoms with Crippen molar-refractivity contribution in [1.29, 1.82) is 0 Å². The maximum Gasteiger partial charge on any atom is 0.275 e. The second-order valence-electron chi connectivity index (χ2n) is 6.71. The van der Waals surface area contributed by atoms with Gasteiger partial charge in [-0.05, 0) is 31.5 Å². The molecule has 1 atom stereocenters. The number of nitrogens with zero attached hydrogens (tertiary/aromatic N) is 4. The molecule has 2 aromatic rings. The highest BCUT2D eigenvalue weighted by atomic mass is 32.2. The minimum absolute atomic E-state index is 0.0000140. The smallest absolute Gasteiger partial charge is 0.275 e. The Bertz CT molecular complexity index is 1110. The summed E-state index contributed by atoms with van der Waals surface area (Å²) in [5, 5.41) is 7.69. The zero-order valence-electron chi connectivity index (χ0n) is 18.0. The molecule has 13 heteroatoms. The monoisotopic (exact) mass is 509 g/mol. The number of sulfone groups is 1. The predicted octanol–water partition coefficient (Wildman–Crippen LogP) is 2.42. The molecule has 1 unspecified atom stereocenters. The van der Waals surface area contributed by atoms with Crippen molar-refractivity contribution in [3.05, 3.63) is 54.1 Å². The lowest BCUT2D eigenvalue weighted by atomic mass is 10.1. The van der Waals surface area contributed by atoms with E-state index < -0.39 is 15.7 Å². The fourth-order valence-electron chi connectivity index (χ4n) is 2.67. The zero-order chi connectivity index (χ0) is 23.7. The number of hydrogen-bond donors (Lipinski definition) is 1. The lowest BCUT2D eigenvalue weighted by Crippen LogP contribution is -2.36. The molecule has 1 aromatic heterocycles. The van der Waals surface area contributed by atoms with Crippen molar-refractivity contribution in [1.82, 2.24) is 15.3 Å². The van der Waals surface area contributed by atoms with Crippen LogP contribution in [-0.2, 0) is 30.8 Å². The molecule has 1 amide bonds. The first-order chi connectivity index (χ1) is 15.9. The SMILES string of the molecule is COCCCS(=O)(=O)c1ccc(/C(=N\OCc2ncccn2)C(=O)NC2SN=C(C)S2)cc1. The van der Waals surface area contributed by atoms with E-state index in [-0.39, 0.29) is 27.7 Å². The standard InChI is InChI=1S/C20H23N5O5S3/c1-14-25-32-20(31-14)23-19(26)18(24-30-13-17-21-9-3-10-22-17)15-5-7-16(8-6-15)33(27,28)12-4-11-29-2/h3,5-10,20H,4,11-13H2,1-2H3,(H,23,26)/b24-18+. The largest absolute Gasteiger partial charge is 0.387 e. The third kappa shape index (κ3) is 7.52. The molecule has 1 N–H and O–H groups in total. The first-order valence-corrected chi connectivity index (χ1v) is 13.2. The average Bonchev–Trinajstić information content (AvgIpc) is 3.22. The number of thioether (sulfide) groups is 1. The first-order valence-electron chi connectivity index (χ1n) is 9.85. The summed E-state index contributed by atoms with van der Waals surface area (Å²) in [5.74, 6) is -0.101. The summed E-state index contributed by atoms with van der Waals surface area (Å²) in [6, 6.07) is 7.64. The van der Waals surface area contributed by atoms with Crippen molar-refractivity contribution < 1.29 is 22.8 Å². The van der Waals surface area contributed by atoms with Gasteiger partial charge in [0.1, 0.15) is 4.71 Å². The Morgan fingerprint density at radius 3 is 2.58 bits per heavy atom. The molecular formula is C20H23N5O5S3. The van der Waals surface area contributed by atoms with E-state index >= 15 is 0 Å². The van der Waals surface area contributed by atoms with Gasteiger partial charge in [0.15, 0.2) is 28.0 Å². The molecule has 0 radical (unpaired) electrons. The molecule has 0 aliphatic carbocycles. The van der Waals surface area contributed by atoms with E-state index in [0.29, 0.717) is 24.4 Å². The quantitative estimate of drug-likeness (QED) is 0.210. The highest BCUT2D eigenvalue weighted by Crippen LogP contribution is 2.31. The molecule has 0 fully saturated rings. The van der Waals surface area contributed by atoms with E-state index in [4.69, 9.17) is 9.57 Å². The lowest BCUT2D eigenvalue weighted by Gasteiger charge is -2.12. The topological polar surface area (TPSA) is 132 Å². The Morgan fingerprint density at radius 2 is 1.94 bits per heavy atom. The van der Waals surface area contributed by atoms with Gasteiger partial charge in [-0.2, -0.15) is 0 Å². The van der Waals surface area contributed by atoms with Crippen LogP contribution < -0.4 is 5.32 Å². The van der Waals surface area contributed by atoms with E-state index in [9.17, 15) is 13.2 Å². The molecule has 0 saturated carbocycles. The number of carbonyl (C=O) groups is 1. The van der Waals surface area contributed by atoms with Gasteiger partial charge in [0.2, 0.25) is 0 Å². The zero-order valence-corrected chi connectivity index (χ0v) is 20.5. The maximum absolute atomic E-state index is 12.9. The van der Waals surface area contributed by atoms with Crippen LogP contribution in [0.3, 0.4) is 0 Å². The van der Waals surface area contributed by atoms with Gasteiger partial charge in [0.25, 0.3) is 5.91 Å². The van der Waals surface area contributed by atoms with Crippen molar-refractivity contribution in [2.45, 2.75) is 29.6 Å². The molecular weight excluding hydrogens is 486 g/mol. The third-order valence-electron chi connectivity index (χ3n) is 4.24. The third-order valence-corrected chi connectivity index (χ3v) is 8.17. The molecule has 1 aliphatic rings. The van der Waals surface area contributed by atoms with Crippen LogP contribution in [0.5, 0.6) is 0 Å². The Labute approximate surface area is 200 Å². The van der Waals surface area contributed by atoms with Crippen LogP contribution in [-0.4, -0.2) is 59.2 Å². The van der Waals surface area contributed by atoms with Crippen LogP contribution in [0.2, 0.25) is 0 Å². The van der Waals surface area contributed by atoms with Crippen molar-refractivity contribution >= 4 is 50.2 Å². The summed E-state index contributed by atoms with van der Waals surface area (Å²) in [6.07, 6.45) is 3.54. The van der Waals surface area contributed by atoms with Gasteiger partial charge in [-0.3, -0.25) is 4.79 Å². The van der Waals surface area contributed by atoms with E-state index in [1.807, 2.05) is 6.92 Å². The molecule has 0 spiro atoms. The fourth-order valence-corrected chi connectivity index (χ4v) is 5.85. The van der Waals surface area contributed by atoms with Crippen LogP contribution in [0.25, 0.3) is 0 Å². The van der Waals surface area contributed by atoms with Crippen LogP contribution in [0, 0.1) is 0 Å². The highest BCUT2D eigenvalue weighted by Gasteiger charge is 2.24. The summed E-state index contributed by atoms with van der Waals surface area (Å²) in [7, 11) is -1.94. The average molecular weight is 510 g/mol. The van der Waals surface area contributed by atoms with Crippen LogP contribution in [0.15, 0.2) is 57.2 Å². The molecule has 10 nitrogen and oxygen atoms in total. The number of aromatic nitrogens is 2. The fraction of sp³-hybridized carbons (Fsp3) is 0.350. The number of methoxy groups -OCH3 is 1. The number of hydrogen-bond acceptors (Lipinski definition) is 11. The highest BCUT2D eigenvalue weighted by molar-refractivity contribution is 8.27. The van der Waals surface area contributed by atoms with Crippen LogP contribution in [0.4, 0.5) is 0 Å². The van der Waals surface area contributed by atoms with Gasteiger partial charge in [-0.15, -0.1) is 0 Å². The van der Waals surface area contributed by atoms with E-state index in [1.54, 1.807) is 18.5 Å². The van der Waals surface area contributed by atoms with Gasteiger partial charge in [-0.25, -0.2) is 22.8 Å². The number of oxime groups is 1. The van der Waals surface area contributed by atoms with E-state index in [0.717, 1.165) is 5.04 Å². The molecule has 1 aliphatic heterocycles. The first kappa shape index (κ1) is 25.1. The molecule has 33 heavy (non-hydrogen) atoms. The number of benzene rings is 1. The minimum atomic E-state index is -3.46. The van der Waals surface area contributed by atoms with Crippen molar-refractivity contribution in [3.8, 4) is 0 Å². The summed E-state index contributed by atoms with van der Waals surface area (Å²) < 4.78 is 33.8. The van der Waals surface area contributed by atoms with E-state index in [1.165, 1.54) is 55.1 Å². The Morgan fingerprint density at radius 1 is 1.21 bits per heavy atom. The Balaban J connectivity index is 1.77. The van der Waals surface area contributed by atoms with Gasteiger partial charge in [-0.1, -0.05) is 29.1 Å². The summed E-state index contributed by atoms with van der Waals surface area (Å²) in [6.45, 7) is 2.18. The maximum atomic E-state index is 12.9. The predicted molar refractivity (Wildman–Crippen MR) is 129 cm³/mol. The number of ether oxygens (including phenoxy) is 1. The second-order valence-corrected chi connectivity index (χ2v) is 11.3. The summed E-state index contributed by atoms with van der Waals surface area (Å²) in [5.41, 5.74) is 0.406. The van der Waals surface area contributed by atoms with E-state index in [2.05, 4.69) is 24.8 Å². The van der Waals surface area contributed by atoms with Crippen molar-refractivity contribution in [3.63, 3.8) is 0 Å². The Hall–Kier alpha value is -2.48. The van der Waals surface area contributed by atoms with Crippen molar-refractivity contribution in [2.75, 3.05) is 19.5 Å². The summed E-state index contributed by atoms with van der Waals surface area (Å²) >= 11 is 2.66. The molecule has 0 bridgehead atoms. The molecule has 3 rings (SSSR count). The molecule has 1 aromatic carbocycles. The molecule has 176 valence electrons. The number of nitrogens with one attached hydrogen (secondary N) is 1. The Kier molecular flexibility index (Phi) is 9.23. The second kappa shape index (κ2) is 12.1. The molecule has 2 heterocycles. The number of amides is 1. The van der Waals surface area contributed by atoms with Gasteiger partial charge in [0, 0.05) is 43.6 Å². The number of carbonyl (C=O) groups excluding carboxylic acids is 1. The number of rotatable bonds is 11. The van der Waals surface area contributed by atoms with Gasteiger partial charge >= 0.3 is 0 Å². The normalized spacial score (nSPS) is 16.4. The molecule has 0 saturated heterocycles. The van der Waals surface area contributed by atoms with Crippen molar-refractivity contribution in [2.24, 2.45) is 9.55 Å².